The maximum Gasteiger partial charge on any atom is 0.336 e. The molecule has 0 fully saturated rings. The summed E-state index contributed by atoms with van der Waals surface area (Å²) in [5, 5.41) is 9.22. The van der Waals surface area contributed by atoms with Crippen molar-refractivity contribution in [1.82, 2.24) is 9.38 Å². The summed E-state index contributed by atoms with van der Waals surface area (Å²) in [6, 6.07) is 12.7. The third kappa shape index (κ3) is 1.87. The summed E-state index contributed by atoms with van der Waals surface area (Å²) in [6.45, 7) is 1.99. The van der Waals surface area contributed by atoms with Crippen LogP contribution >= 0.6 is 0 Å². The molecule has 0 saturated carbocycles. The SMILES string of the molecule is Cc1cccc2nc(-c3ccccc3C(=O)O)cn12. The second kappa shape index (κ2) is 4.24. The fourth-order valence-corrected chi connectivity index (χ4v) is 2.17. The number of aryl methyl sites for hydroxylation is 1. The van der Waals surface area contributed by atoms with E-state index in [-0.39, 0.29) is 5.56 Å². The molecule has 0 saturated heterocycles. The number of pyridine rings is 1. The first kappa shape index (κ1) is 11.5. The lowest BCUT2D eigenvalue weighted by atomic mass is 10.1. The molecule has 1 N–H and O–H groups in total. The Morgan fingerprint density at radius 2 is 1.95 bits per heavy atom. The van der Waals surface area contributed by atoms with Crippen LogP contribution in [-0.2, 0) is 0 Å². The summed E-state index contributed by atoms with van der Waals surface area (Å²) in [7, 11) is 0. The Balaban J connectivity index is 2.25. The molecule has 0 radical (unpaired) electrons. The summed E-state index contributed by atoms with van der Waals surface area (Å²) >= 11 is 0. The molecular weight excluding hydrogens is 240 g/mol. The van der Waals surface area contributed by atoms with E-state index in [0.29, 0.717) is 11.3 Å². The molecule has 2 aromatic heterocycles. The molecule has 4 heteroatoms. The van der Waals surface area contributed by atoms with E-state index in [1.165, 1.54) is 0 Å². The zero-order chi connectivity index (χ0) is 13.4. The van der Waals surface area contributed by atoms with Crippen molar-refractivity contribution in [1.29, 1.82) is 0 Å². The van der Waals surface area contributed by atoms with Crippen molar-refractivity contribution in [3.05, 3.63) is 59.9 Å². The van der Waals surface area contributed by atoms with Gasteiger partial charge in [0.05, 0.1) is 11.3 Å². The minimum atomic E-state index is -0.940. The molecule has 94 valence electrons. The molecule has 0 aliphatic rings. The van der Waals surface area contributed by atoms with E-state index in [1.54, 1.807) is 18.2 Å². The third-order valence-corrected chi connectivity index (χ3v) is 3.13. The molecule has 0 aliphatic carbocycles. The topological polar surface area (TPSA) is 54.6 Å². The molecule has 0 spiro atoms. The summed E-state index contributed by atoms with van der Waals surface area (Å²) in [4.78, 5) is 15.7. The van der Waals surface area contributed by atoms with Crippen molar-refractivity contribution in [2.24, 2.45) is 0 Å². The average molecular weight is 252 g/mol. The second-order valence-corrected chi connectivity index (χ2v) is 4.37. The average Bonchev–Trinajstić information content (AvgIpc) is 2.84. The van der Waals surface area contributed by atoms with Gasteiger partial charge in [0.2, 0.25) is 0 Å². The highest BCUT2D eigenvalue weighted by atomic mass is 16.4. The predicted molar refractivity (Wildman–Crippen MR) is 72.3 cm³/mol. The van der Waals surface area contributed by atoms with E-state index in [9.17, 15) is 9.90 Å². The van der Waals surface area contributed by atoms with Gasteiger partial charge in [0.1, 0.15) is 5.65 Å². The van der Waals surface area contributed by atoms with Gasteiger partial charge in [0.15, 0.2) is 0 Å². The van der Waals surface area contributed by atoms with Crippen LogP contribution < -0.4 is 0 Å². The van der Waals surface area contributed by atoms with Gasteiger partial charge in [0, 0.05) is 17.5 Å². The van der Waals surface area contributed by atoms with Crippen LogP contribution in [0.5, 0.6) is 0 Å². The Kier molecular flexibility index (Phi) is 2.56. The van der Waals surface area contributed by atoms with Crippen LogP contribution in [0.2, 0.25) is 0 Å². The van der Waals surface area contributed by atoms with Gasteiger partial charge in [-0.15, -0.1) is 0 Å². The highest BCUT2D eigenvalue weighted by molar-refractivity contribution is 5.95. The second-order valence-electron chi connectivity index (χ2n) is 4.37. The Morgan fingerprint density at radius 1 is 1.16 bits per heavy atom. The highest BCUT2D eigenvalue weighted by Crippen LogP contribution is 2.23. The van der Waals surface area contributed by atoms with Crippen molar-refractivity contribution in [2.45, 2.75) is 6.92 Å². The first-order valence-electron chi connectivity index (χ1n) is 5.94. The molecule has 0 amide bonds. The number of nitrogens with zero attached hydrogens (tertiary/aromatic N) is 2. The van der Waals surface area contributed by atoms with Gasteiger partial charge < -0.3 is 9.51 Å². The van der Waals surface area contributed by atoms with Crippen LogP contribution in [0.15, 0.2) is 48.7 Å². The molecule has 19 heavy (non-hydrogen) atoms. The fraction of sp³-hybridized carbons (Fsp3) is 0.0667. The van der Waals surface area contributed by atoms with E-state index in [1.807, 2.05) is 41.8 Å². The van der Waals surface area contributed by atoms with Crippen LogP contribution in [0.4, 0.5) is 0 Å². The number of hydrogen-bond donors (Lipinski definition) is 1. The van der Waals surface area contributed by atoms with Crippen LogP contribution in [-0.4, -0.2) is 20.5 Å². The van der Waals surface area contributed by atoms with Crippen LogP contribution in [0, 0.1) is 6.92 Å². The number of fused-ring (bicyclic) bond motifs is 1. The summed E-state index contributed by atoms with van der Waals surface area (Å²) in [5.74, 6) is -0.940. The molecule has 2 heterocycles. The van der Waals surface area contributed by atoms with Gasteiger partial charge in [-0.25, -0.2) is 9.78 Å². The number of imidazole rings is 1. The number of aromatic carboxylic acids is 1. The Labute approximate surface area is 110 Å². The molecule has 1 aromatic carbocycles. The molecule has 0 unspecified atom stereocenters. The largest absolute Gasteiger partial charge is 0.478 e. The van der Waals surface area contributed by atoms with E-state index in [0.717, 1.165) is 11.3 Å². The lowest BCUT2D eigenvalue weighted by Gasteiger charge is -2.01. The van der Waals surface area contributed by atoms with Gasteiger partial charge in [-0.2, -0.15) is 0 Å². The van der Waals surface area contributed by atoms with Gasteiger partial charge in [-0.05, 0) is 25.1 Å². The van der Waals surface area contributed by atoms with Gasteiger partial charge in [-0.3, -0.25) is 0 Å². The quantitative estimate of drug-likeness (QED) is 0.762. The van der Waals surface area contributed by atoms with Gasteiger partial charge >= 0.3 is 5.97 Å². The number of carboxylic acid groups (broad SMARTS) is 1. The van der Waals surface area contributed by atoms with Crippen molar-refractivity contribution in [3.8, 4) is 11.3 Å². The molecule has 3 rings (SSSR count). The summed E-state index contributed by atoms with van der Waals surface area (Å²) in [5.41, 5.74) is 3.45. The fourth-order valence-electron chi connectivity index (χ4n) is 2.17. The van der Waals surface area contributed by atoms with E-state index < -0.39 is 5.97 Å². The lowest BCUT2D eigenvalue weighted by molar-refractivity contribution is 0.0697. The lowest BCUT2D eigenvalue weighted by Crippen LogP contribution is -1.98. The van der Waals surface area contributed by atoms with Crippen molar-refractivity contribution in [3.63, 3.8) is 0 Å². The van der Waals surface area contributed by atoms with Crippen LogP contribution in [0.25, 0.3) is 16.9 Å². The monoisotopic (exact) mass is 252 g/mol. The first-order valence-corrected chi connectivity index (χ1v) is 5.94. The minimum Gasteiger partial charge on any atom is -0.478 e. The van der Waals surface area contributed by atoms with E-state index in [2.05, 4.69) is 4.98 Å². The van der Waals surface area contributed by atoms with Gasteiger partial charge in [0.25, 0.3) is 0 Å². The summed E-state index contributed by atoms with van der Waals surface area (Å²) < 4.78 is 1.95. The Bertz CT molecular complexity index is 775. The minimum absolute atomic E-state index is 0.267. The molecule has 3 aromatic rings. The predicted octanol–water partition coefficient (Wildman–Crippen LogP) is 3.01. The molecular formula is C15H12N2O2. The number of hydrogen-bond acceptors (Lipinski definition) is 2. The normalized spacial score (nSPS) is 10.8. The molecule has 0 atom stereocenters. The number of aromatic nitrogens is 2. The standard InChI is InChI=1S/C15H12N2O2/c1-10-5-4-8-14-16-13(9-17(10)14)11-6-2-3-7-12(11)15(18)19/h2-9H,1H3,(H,18,19). The van der Waals surface area contributed by atoms with Crippen molar-refractivity contribution in [2.75, 3.05) is 0 Å². The van der Waals surface area contributed by atoms with Crippen molar-refractivity contribution >= 4 is 11.6 Å². The number of benzene rings is 1. The zero-order valence-electron chi connectivity index (χ0n) is 10.4. The number of carbonyl (C=O) groups is 1. The maximum atomic E-state index is 11.2. The van der Waals surface area contributed by atoms with Crippen LogP contribution in [0.3, 0.4) is 0 Å². The van der Waals surface area contributed by atoms with Gasteiger partial charge in [-0.1, -0.05) is 24.3 Å². The Hall–Kier alpha value is -2.62. The molecule has 4 nitrogen and oxygen atoms in total. The smallest absolute Gasteiger partial charge is 0.336 e. The zero-order valence-corrected chi connectivity index (χ0v) is 10.4. The number of rotatable bonds is 2. The van der Waals surface area contributed by atoms with Crippen molar-refractivity contribution < 1.29 is 9.90 Å². The maximum absolute atomic E-state index is 11.2. The Morgan fingerprint density at radius 3 is 2.68 bits per heavy atom. The molecule has 0 bridgehead atoms. The van der Waals surface area contributed by atoms with Crippen LogP contribution in [0.1, 0.15) is 16.1 Å². The van der Waals surface area contributed by atoms with E-state index >= 15 is 0 Å². The highest BCUT2D eigenvalue weighted by Gasteiger charge is 2.13. The van der Waals surface area contributed by atoms with E-state index in [4.69, 9.17) is 0 Å². The molecule has 0 aliphatic heterocycles. The summed E-state index contributed by atoms with van der Waals surface area (Å²) in [6.07, 6.45) is 1.87. The third-order valence-electron chi connectivity index (χ3n) is 3.13. The number of carboxylic acids is 1. The first-order chi connectivity index (χ1) is 9.16.